The van der Waals surface area contributed by atoms with Crippen LogP contribution in [0.5, 0.6) is 5.75 Å². The van der Waals surface area contributed by atoms with E-state index in [1.807, 2.05) is 54.6 Å². The number of nitrogens with one attached hydrogen (secondary N) is 1. The first-order valence-electron chi connectivity index (χ1n) is 10.2. The van der Waals surface area contributed by atoms with Crippen molar-refractivity contribution in [2.24, 2.45) is 0 Å². The largest absolute Gasteiger partial charge is 0.495 e. The molecule has 0 spiro atoms. The van der Waals surface area contributed by atoms with Gasteiger partial charge in [0.15, 0.2) is 5.11 Å². The van der Waals surface area contributed by atoms with Crippen molar-refractivity contribution in [2.45, 2.75) is 12.1 Å². The summed E-state index contributed by atoms with van der Waals surface area (Å²) < 4.78 is 7.45. The molecular formula is C25H21ClN4OS. The van der Waals surface area contributed by atoms with E-state index in [4.69, 9.17) is 28.6 Å². The van der Waals surface area contributed by atoms with Gasteiger partial charge in [-0.05, 0) is 66.3 Å². The van der Waals surface area contributed by atoms with Gasteiger partial charge in [0.2, 0.25) is 0 Å². The molecule has 2 aromatic carbocycles. The van der Waals surface area contributed by atoms with E-state index in [9.17, 15) is 0 Å². The average Bonchev–Trinajstić information content (AvgIpc) is 3.45. The number of benzene rings is 2. The molecule has 0 unspecified atom stereocenters. The molecule has 0 amide bonds. The molecule has 5 rings (SSSR count). The number of hydrogen-bond acceptors (Lipinski definition) is 3. The highest BCUT2D eigenvalue weighted by molar-refractivity contribution is 7.80. The van der Waals surface area contributed by atoms with Crippen LogP contribution < -0.4 is 15.0 Å². The number of pyridine rings is 1. The van der Waals surface area contributed by atoms with Crippen LogP contribution in [-0.2, 0) is 0 Å². The van der Waals surface area contributed by atoms with E-state index in [2.05, 4.69) is 50.4 Å². The van der Waals surface area contributed by atoms with Crippen LogP contribution in [0.25, 0.3) is 5.69 Å². The highest BCUT2D eigenvalue weighted by Crippen LogP contribution is 2.43. The molecule has 5 nitrogen and oxygen atoms in total. The maximum absolute atomic E-state index is 6.46. The summed E-state index contributed by atoms with van der Waals surface area (Å²) >= 11 is 12.2. The van der Waals surface area contributed by atoms with Crippen molar-refractivity contribution in [2.75, 3.05) is 12.0 Å². The van der Waals surface area contributed by atoms with Gasteiger partial charge in [-0.15, -0.1) is 0 Å². The van der Waals surface area contributed by atoms with Crippen LogP contribution in [0.3, 0.4) is 0 Å². The molecule has 1 fully saturated rings. The zero-order chi connectivity index (χ0) is 22.1. The van der Waals surface area contributed by atoms with Gasteiger partial charge in [0, 0.05) is 30.0 Å². The Hall–Kier alpha value is -3.35. The fourth-order valence-electron chi connectivity index (χ4n) is 4.13. The van der Waals surface area contributed by atoms with Gasteiger partial charge >= 0.3 is 0 Å². The van der Waals surface area contributed by atoms with E-state index in [-0.39, 0.29) is 12.1 Å². The number of halogens is 1. The van der Waals surface area contributed by atoms with Gasteiger partial charge in [-0.1, -0.05) is 35.9 Å². The standard InChI is InChI=1S/C25H21ClN4OS/c1-31-22-11-10-19(15-20(22)26)30-24(23(28-25(30)32)21-9-5-6-13-27-21)17-12-14-29(16-17)18-7-3-2-4-8-18/h2-16,23-24H,1H3,(H,28,32)/t23-,24-/m1/s1. The van der Waals surface area contributed by atoms with Crippen LogP contribution in [0.2, 0.25) is 5.02 Å². The maximum atomic E-state index is 6.46. The van der Waals surface area contributed by atoms with Gasteiger partial charge in [0.1, 0.15) is 5.75 Å². The number of hydrogen-bond donors (Lipinski definition) is 1. The minimum absolute atomic E-state index is 0.105. The summed E-state index contributed by atoms with van der Waals surface area (Å²) in [5.41, 5.74) is 4.03. The summed E-state index contributed by atoms with van der Waals surface area (Å²) in [5.74, 6) is 0.626. The zero-order valence-electron chi connectivity index (χ0n) is 17.4. The molecule has 1 aliphatic rings. The number of rotatable bonds is 5. The highest BCUT2D eigenvalue weighted by Gasteiger charge is 2.41. The summed E-state index contributed by atoms with van der Waals surface area (Å²) in [4.78, 5) is 6.71. The Morgan fingerprint density at radius 3 is 2.53 bits per heavy atom. The third-order valence-corrected chi connectivity index (χ3v) is 6.23. The van der Waals surface area contributed by atoms with Crippen LogP contribution in [0.4, 0.5) is 5.69 Å². The van der Waals surface area contributed by atoms with E-state index >= 15 is 0 Å². The van der Waals surface area contributed by atoms with Crippen LogP contribution >= 0.6 is 23.8 Å². The summed E-state index contributed by atoms with van der Waals surface area (Å²) in [6.07, 6.45) is 6.02. The lowest BCUT2D eigenvalue weighted by Gasteiger charge is -2.27. The molecule has 7 heteroatoms. The molecule has 1 N–H and O–H groups in total. The van der Waals surface area contributed by atoms with Crippen LogP contribution in [-0.4, -0.2) is 21.8 Å². The van der Waals surface area contributed by atoms with Gasteiger partial charge in [-0.25, -0.2) is 0 Å². The Kier molecular flexibility index (Phi) is 5.55. The van der Waals surface area contributed by atoms with E-state index in [1.165, 1.54) is 0 Å². The van der Waals surface area contributed by atoms with Crippen molar-refractivity contribution < 1.29 is 4.74 Å². The molecule has 0 aliphatic carbocycles. The Morgan fingerprint density at radius 2 is 1.81 bits per heavy atom. The summed E-state index contributed by atoms with van der Waals surface area (Å²) in [6.45, 7) is 0. The van der Waals surface area contributed by atoms with Crippen LogP contribution in [0, 0.1) is 0 Å². The predicted molar refractivity (Wildman–Crippen MR) is 132 cm³/mol. The predicted octanol–water partition coefficient (Wildman–Crippen LogP) is 5.71. The van der Waals surface area contributed by atoms with Crippen molar-refractivity contribution in [1.29, 1.82) is 0 Å². The molecule has 32 heavy (non-hydrogen) atoms. The van der Waals surface area contributed by atoms with Crippen molar-refractivity contribution >= 4 is 34.6 Å². The summed E-state index contributed by atoms with van der Waals surface area (Å²) in [5, 5.41) is 4.64. The second-order valence-corrected chi connectivity index (χ2v) is 8.30. The molecule has 4 aromatic rings. The SMILES string of the molecule is COc1ccc(N2C(=S)N[C@H](c3ccccn3)[C@H]2c2ccn(-c3ccccc3)c2)cc1Cl. The van der Waals surface area contributed by atoms with E-state index in [0.29, 0.717) is 15.9 Å². The maximum Gasteiger partial charge on any atom is 0.174 e. The van der Waals surface area contributed by atoms with Gasteiger partial charge in [0.05, 0.1) is 29.9 Å². The normalized spacial score (nSPS) is 17.9. The topological polar surface area (TPSA) is 42.3 Å². The first-order chi connectivity index (χ1) is 15.7. The number of anilines is 1. The van der Waals surface area contributed by atoms with Gasteiger partial charge in [-0.2, -0.15) is 0 Å². The van der Waals surface area contributed by atoms with Gasteiger partial charge < -0.3 is 19.5 Å². The number of para-hydroxylation sites is 1. The number of methoxy groups -OCH3 is 1. The molecule has 1 saturated heterocycles. The molecule has 0 bridgehead atoms. The smallest absolute Gasteiger partial charge is 0.174 e. The van der Waals surface area contributed by atoms with Crippen molar-refractivity contribution in [3.63, 3.8) is 0 Å². The van der Waals surface area contributed by atoms with Gasteiger partial charge in [-0.3, -0.25) is 4.98 Å². The number of thiocarbonyl (C=S) groups is 1. The minimum atomic E-state index is -0.115. The quantitative estimate of drug-likeness (QED) is 0.386. The van der Waals surface area contributed by atoms with E-state index in [0.717, 1.165) is 22.6 Å². The average molecular weight is 461 g/mol. The van der Waals surface area contributed by atoms with Crippen LogP contribution in [0.15, 0.2) is 91.4 Å². The molecule has 3 heterocycles. The van der Waals surface area contributed by atoms with Crippen molar-refractivity contribution in [3.05, 3.63) is 108 Å². The number of ether oxygens (including phenoxy) is 1. The Morgan fingerprint density at radius 1 is 1.00 bits per heavy atom. The Labute approximate surface area is 197 Å². The van der Waals surface area contributed by atoms with E-state index < -0.39 is 0 Å². The van der Waals surface area contributed by atoms with Gasteiger partial charge in [0.25, 0.3) is 0 Å². The fraction of sp³-hybridized carbons (Fsp3) is 0.120. The molecule has 0 radical (unpaired) electrons. The summed E-state index contributed by atoms with van der Waals surface area (Å²) in [6, 6.07) is 23.8. The molecule has 0 saturated carbocycles. The Balaban J connectivity index is 1.60. The second-order valence-electron chi connectivity index (χ2n) is 7.50. The molecule has 1 aliphatic heterocycles. The lowest BCUT2D eigenvalue weighted by Crippen LogP contribution is -2.29. The zero-order valence-corrected chi connectivity index (χ0v) is 18.9. The number of nitrogens with zero attached hydrogens (tertiary/aromatic N) is 3. The Bertz CT molecular complexity index is 1250. The molecular weight excluding hydrogens is 440 g/mol. The molecule has 2 aromatic heterocycles. The third kappa shape index (κ3) is 3.72. The third-order valence-electron chi connectivity index (χ3n) is 5.62. The minimum Gasteiger partial charge on any atom is -0.495 e. The molecule has 2 atom stereocenters. The van der Waals surface area contributed by atoms with Crippen molar-refractivity contribution in [3.8, 4) is 11.4 Å². The fourth-order valence-corrected chi connectivity index (χ4v) is 4.72. The first-order valence-corrected chi connectivity index (χ1v) is 11.0. The number of aromatic nitrogens is 2. The second kappa shape index (κ2) is 8.65. The lowest BCUT2D eigenvalue weighted by molar-refractivity contribution is 0.415. The van der Waals surface area contributed by atoms with Crippen molar-refractivity contribution in [1.82, 2.24) is 14.9 Å². The van der Waals surface area contributed by atoms with E-state index in [1.54, 1.807) is 13.3 Å². The summed E-state index contributed by atoms with van der Waals surface area (Å²) in [7, 11) is 1.61. The lowest BCUT2D eigenvalue weighted by atomic mass is 9.98. The van der Waals surface area contributed by atoms with Crippen LogP contribution in [0.1, 0.15) is 23.3 Å². The first kappa shape index (κ1) is 20.5. The molecule has 160 valence electrons. The highest BCUT2D eigenvalue weighted by atomic mass is 35.5. The monoisotopic (exact) mass is 460 g/mol.